The third kappa shape index (κ3) is 5.64. The highest BCUT2D eigenvalue weighted by atomic mass is 16.5. The number of rotatable bonds is 4. The second kappa shape index (κ2) is 7.44. The Hall–Kier alpha value is -0.970. The van der Waals surface area contributed by atoms with Crippen molar-refractivity contribution in [1.29, 1.82) is 0 Å². The molecular formula is C12H20O2. The predicted molar refractivity (Wildman–Crippen MR) is 57.6 cm³/mol. The van der Waals surface area contributed by atoms with Crippen LogP contribution >= 0.6 is 0 Å². The number of hydrogen-bond acceptors (Lipinski definition) is 2. The van der Waals surface area contributed by atoms with Crippen LogP contribution in [0.3, 0.4) is 0 Å². The molecule has 1 atom stereocenters. The molecule has 1 unspecified atom stereocenters. The minimum Gasteiger partial charge on any atom is -0.456 e. The lowest BCUT2D eigenvalue weighted by Crippen LogP contribution is -2.07. The SMILES string of the molecule is CCCC(C#CC(=O)OCC)C(C)C. The molecule has 0 fully saturated rings. The molecule has 80 valence electrons. The lowest BCUT2D eigenvalue weighted by Gasteiger charge is -2.12. The molecule has 0 bridgehead atoms. The van der Waals surface area contributed by atoms with Gasteiger partial charge in [0.2, 0.25) is 0 Å². The van der Waals surface area contributed by atoms with Crippen molar-refractivity contribution in [3.8, 4) is 11.8 Å². The minimum absolute atomic E-state index is 0.310. The predicted octanol–water partition coefficient (Wildman–Crippen LogP) is 2.63. The maximum Gasteiger partial charge on any atom is 0.384 e. The summed E-state index contributed by atoms with van der Waals surface area (Å²) in [5.41, 5.74) is 0. The van der Waals surface area contributed by atoms with Gasteiger partial charge in [0.15, 0.2) is 0 Å². The van der Waals surface area contributed by atoms with Gasteiger partial charge in [-0.15, -0.1) is 0 Å². The molecule has 0 aliphatic rings. The van der Waals surface area contributed by atoms with Crippen molar-refractivity contribution >= 4 is 5.97 Å². The highest BCUT2D eigenvalue weighted by Crippen LogP contribution is 2.15. The first-order valence-corrected chi connectivity index (χ1v) is 5.30. The van der Waals surface area contributed by atoms with Gasteiger partial charge in [0.05, 0.1) is 6.61 Å². The van der Waals surface area contributed by atoms with E-state index in [9.17, 15) is 4.79 Å². The maximum absolute atomic E-state index is 11.0. The van der Waals surface area contributed by atoms with Crippen LogP contribution in [0.5, 0.6) is 0 Å². The Balaban J connectivity index is 4.19. The van der Waals surface area contributed by atoms with Crippen molar-refractivity contribution in [2.45, 2.75) is 40.5 Å². The highest BCUT2D eigenvalue weighted by molar-refractivity contribution is 5.88. The average Bonchev–Trinajstić information content (AvgIpc) is 2.12. The van der Waals surface area contributed by atoms with Crippen LogP contribution in [-0.4, -0.2) is 12.6 Å². The molecule has 0 N–H and O–H groups in total. The maximum atomic E-state index is 11.0. The number of carbonyl (C=O) groups excluding carboxylic acids is 1. The van der Waals surface area contributed by atoms with Gasteiger partial charge >= 0.3 is 5.97 Å². The summed E-state index contributed by atoms with van der Waals surface area (Å²) in [6.45, 7) is 8.56. The summed E-state index contributed by atoms with van der Waals surface area (Å²) in [5, 5.41) is 0. The van der Waals surface area contributed by atoms with Crippen LogP contribution in [0.15, 0.2) is 0 Å². The standard InChI is InChI=1S/C12H20O2/c1-5-7-11(10(3)4)8-9-12(13)14-6-2/h10-11H,5-7H2,1-4H3. The van der Waals surface area contributed by atoms with Crippen molar-refractivity contribution in [2.75, 3.05) is 6.61 Å². The Labute approximate surface area is 87.0 Å². The van der Waals surface area contributed by atoms with E-state index in [0.29, 0.717) is 18.4 Å². The Morgan fingerprint density at radius 1 is 1.36 bits per heavy atom. The van der Waals surface area contributed by atoms with Crippen molar-refractivity contribution in [3.63, 3.8) is 0 Å². The molecular weight excluding hydrogens is 176 g/mol. The lowest BCUT2D eigenvalue weighted by molar-refractivity contribution is -0.136. The number of carbonyl (C=O) groups is 1. The number of esters is 1. The molecule has 0 aromatic heterocycles. The van der Waals surface area contributed by atoms with Crippen LogP contribution in [-0.2, 0) is 9.53 Å². The number of hydrogen-bond donors (Lipinski definition) is 0. The largest absolute Gasteiger partial charge is 0.456 e. The zero-order valence-electron chi connectivity index (χ0n) is 9.59. The Morgan fingerprint density at radius 2 is 2.00 bits per heavy atom. The molecule has 14 heavy (non-hydrogen) atoms. The van der Waals surface area contributed by atoms with Gasteiger partial charge in [-0.1, -0.05) is 33.1 Å². The first-order chi connectivity index (χ1) is 6.61. The van der Waals surface area contributed by atoms with Gasteiger partial charge < -0.3 is 4.74 Å². The van der Waals surface area contributed by atoms with Crippen LogP contribution < -0.4 is 0 Å². The van der Waals surface area contributed by atoms with Gasteiger partial charge in [0.1, 0.15) is 0 Å². The van der Waals surface area contributed by atoms with E-state index in [1.165, 1.54) is 0 Å². The molecule has 0 aromatic carbocycles. The highest BCUT2D eigenvalue weighted by Gasteiger charge is 2.08. The van der Waals surface area contributed by atoms with Gasteiger partial charge in [-0.05, 0) is 19.3 Å². The molecule has 0 aliphatic heterocycles. The van der Waals surface area contributed by atoms with Crippen LogP contribution in [0.2, 0.25) is 0 Å². The molecule has 0 rings (SSSR count). The minimum atomic E-state index is -0.408. The molecule has 0 spiro atoms. The fourth-order valence-electron chi connectivity index (χ4n) is 1.20. The van der Waals surface area contributed by atoms with Gasteiger partial charge in [-0.25, -0.2) is 4.79 Å². The van der Waals surface area contributed by atoms with Crippen molar-refractivity contribution in [3.05, 3.63) is 0 Å². The molecule has 0 aliphatic carbocycles. The molecule has 0 amide bonds. The van der Waals surface area contributed by atoms with E-state index in [-0.39, 0.29) is 0 Å². The van der Waals surface area contributed by atoms with Gasteiger partial charge in [0, 0.05) is 11.8 Å². The monoisotopic (exact) mass is 196 g/mol. The lowest BCUT2D eigenvalue weighted by atomic mass is 9.92. The third-order valence-electron chi connectivity index (χ3n) is 2.04. The van der Waals surface area contributed by atoms with Gasteiger partial charge in [-0.3, -0.25) is 0 Å². The average molecular weight is 196 g/mol. The van der Waals surface area contributed by atoms with Gasteiger partial charge in [0.25, 0.3) is 0 Å². The van der Waals surface area contributed by atoms with E-state index in [4.69, 9.17) is 4.74 Å². The van der Waals surface area contributed by atoms with Gasteiger partial charge in [-0.2, -0.15) is 0 Å². The van der Waals surface area contributed by atoms with Crippen molar-refractivity contribution < 1.29 is 9.53 Å². The van der Waals surface area contributed by atoms with Crippen LogP contribution in [0.4, 0.5) is 0 Å². The number of ether oxygens (including phenoxy) is 1. The summed E-state index contributed by atoms with van der Waals surface area (Å²) < 4.78 is 4.74. The third-order valence-corrected chi connectivity index (χ3v) is 2.04. The molecule has 0 saturated heterocycles. The van der Waals surface area contributed by atoms with Crippen LogP contribution in [0.25, 0.3) is 0 Å². The van der Waals surface area contributed by atoms with E-state index in [1.54, 1.807) is 6.92 Å². The van der Waals surface area contributed by atoms with Crippen molar-refractivity contribution in [1.82, 2.24) is 0 Å². The second-order valence-electron chi connectivity index (χ2n) is 3.63. The topological polar surface area (TPSA) is 26.3 Å². The van der Waals surface area contributed by atoms with E-state index >= 15 is 0 Å². The second-order valence-corrected chi connectivity index (χ2v) is 3.63. The normalized spacial score (nSPS) is 11.8. The Morgan fingerprint density at radius 3 is 2.43 bits per heavy atom. The zero-order chi connectivity index (χ0) is 11.0. The molecule has 0 radical (unpaired) electrons. The van der Waals surface area contributed by atoms with E-state index in [2.05, 4.69) is 32.6 Å². The molecule has 2 heteroatoms. The molecule has 0 aromatic rings. The first-order valence-electron chi connectivity index (χ1n) is 5.30. The van der Waals surface area contributed by atoms with E-state index in [0.717, 1.165) is 12.8 Å². The fraction of sp³-hybridized carbons (Fsp3) is 0.750. The van der Waals surface area contributed by atoms with E-state index < -0.39 is 5.97 Å². The summed E-state index contributed by atoms with van der Waals surface area (Å²) in [7, 11) is 0. The quantitative estimate of drug-likeness (QED) is 0.392. The van der Waals surface area contributed by atoms with Crippen LogP contribution in [0, 0.1) is 23.7 Å². The van der Waals surface area contributed by atoms with E-state index in [1.807, 2.05) is 0 Å². The summed E-state index contributed by atoms with van der Waals surface area (Å²) in [6, 6.07) is 0. The Kier molecular flexibility index (Phi) is 6.92. The first kappa shape index (κ1) is 13.0. The smallest absolute Gasteiger partial charge is 0.384 e. The fourth-order valence-corrected chi connectivity index (χ4v) is 1.20. The summed E-state index contributed by atoms with van der Waals surface area (Å²) in [5.74, 6) is 5.92. The molecule has 0 heterocycles. The summed E-state index contributed by atoms with van der Waals surface area (Å²) >= 11 is 0. The van der Waals surface area contributed by atoms with Crippen molar-refractivity contribution in [2.24, 2.45) is 11.8 Å². The summed E-state index contributed by atoms with van der Waals surface area (Å²) in [4.78, 5) is 11.0. The molecule has 0 saturated carbocycles. The molecule has 2 nitrogen and oxygen atoms in total. The summed E-state index contributed by atoms with van der Waals surface area (Å²) in [6.07, 6.45) is 2.14. The Bertz CT molecular complexity index is 220. The van der Waals surface area contributed by atoms with Crippen LogP contribution in [0.1, 0.15) is 40.5 Å². The zero-order valence-corrected chi connectivity index (χ0v) is 9.59.